The van der Waals surface area contributed by atoms with Crippen molar-refractivity contribution in [1.29, 1.82) is 0 Å². The molecule has 3 rings (SSSR count). The molecule has 1 saturated heterocycles. The summed E-state index contributed by atoms with van der Waals surface area (Å²) < 4.78 is 0. The Hall–Kier alpha value is -0.580. The molecule has 3 nitrogen and oxygen atoms in total. The Morgan fingerprint density at radius 2 is 2.10 bits per heavy atom. The van der Waals surface area contributed by atoms with Crippen molar-refractivity contribution < 1.29 is 4.79 Å². The summed E-state index contributed by atoms with van der Waals surface area (Å²) in [5.41, 5.74) is 1.31. The van der Waals surface area contributed by atoms with E-state index in [0.717, 1.165) is 45.2 Å². The molecule has 1 aliphatic heterocycles. The van der Waals surface area contributed by atoms with Gasteiger partial charge in [-0.05, 0) is 62.2 Å². The second-order valence-electron chi connectivity index (χ2n) is 5.67. The number of hydrogen-bond donors (Lipinski definition) is 1. The molecule has 0 spiro atoms. The Kier molecular flexibility index (Phi) is 5.47. The fourth-order valence-corrected chi connectivity index (χ4v) is 4.35. The van der Waals surface area contributed by atoms with Crippen LogP contribution in [0.15, 0.2) is 11.4 Å². The third kappa shape index (κ3) is 3.02. The maximum atomic E-state index is 12.8. The van der Waals surface area contributed by atoms with E-state index in [1.165, 1.54) is 10.4 Å². The second-order valence-corrected chi connectivity index (χ2v) is 6.67. The van der Waals surface area contributed by atoms with Crippen molar-refractivity contribution in [3.63, 3.8) is 0 Å². The summed E-state index contributed by atoms with van der Waals surface area (Å²) in [5.74, 6) is 0.459. The SMILES string of the molecule is CN(C(=O)C1CCCc2sccc21)C1CCNCC1.Cl. The number of carbonyl (C=O) groups is 1. The van der Waals surface area contributed by atoms with Crippen molar-refractivity contribution >= 4 is 29.7 Å². The molecule has 20 heavy (non-hydrogen) atoms. The number of fused-ring (bicyclic) bond motifs is 1. The first-order valence-electron chi connectivity index (χ1n) is 7.31. The molecule has 1 aromatic rings. The van der Waals surface area contributed by atoms with E-state index < -0.39 is 0 Å². The zero-order valence-electron chi connectivity index (χ0n) is 11.9. The molecule has 1 N–H and O–H groups in total. The van der Waals surface area contributed by atoms with E-state index in [-0.39, 0.29) is 18.3 Å². The van der Waals surface area contributed by atoms with Gasteiger partial charge in [-0.25, -0.2) is 0 Å². The molecule has 112 valence electrons. The van der Waals surface area contributed by atoms with E-state index in [1.54, 1.807) is 0 Å². The number of aryl methyl sites for hydroxylation is 1. The van der Waals surface area contributed by atoms with Crippen LogP contribution in [0.2, 0.25) is 0 Å². The Morgan fingerprint density at radius 1 is 1.35 bits per heavy atom. The highest BCUT2D eigenvalue weighted by Crippen LogP contribution is 2.36. The highest BCUT2D eigenvalue weighted by molar-refractivity contribution is 7.10. The molecule has 1 fully saturated rings. The Bertz CT molecular complexity index is 456. The maximum absolute atomic E-state index is 12.8. The summed E-state index contributed by atoms with van der Waals surface area (Å²) in [6.07, 6.45) is 5.52. The number of halogens is 1. The topological polar surface area (TPSA) is 32.3 Å². The first kappa shape index (κ1) is 15.8. The van der Waals surface area contributed by atoms with Crippen LogP contribution in [0, 0.1) is 0 Å². The highest BCUT2D eigenvalue weighted by Gasteiger charge is 2.32. The minimum Gasteiger partial charge on any atom is -0.342 e. The zero-order valence-corrected chi connectivity index (χ0v) is 13.6. The van der Waals surface area contributed by atoms with Crippen LogP contribution >= 0.6 is 23.7 Å². The summed E-state index contributed by atoms with van der Waals surface area (Å²) in [4.78, 5) is 16.2. The average Bonchev–Trinajstić information content (AvgIpc) is 2.95. The fraction of sp³-hybridized carbons (Fsp3) is 0.667. The number of likely N-dealkylation sites (N-methyl/N-ethyl adjacent to an activating group) is 1. The van der Waals surface area contributed by atoms with E-state index in [4.69, 9.17) is 0 Å². The molecular formula is C15H23ClN2OS. The lowest BCUT2D eigenvalue weighted by molar-refractivity contribution is -0.134. The van der Waals surface area contributed by atoms with Crippen molar-refractivity contribution in [2.45, 2.75) is 44.1 Å². The maximum Gasteiger partial charge on any atom is 0.230 e. The third-order valence-electron chi connectivity index (χ3n) is 4.55. The lowest BCUT2D eigenvalue weighted by Crippen LogP contribution is -2.45. The van der Waals surface area contributed by atoms with Gasteiger partial charge < -0.3 is 10.2 Å². The third-order valence-corrected chi connectivity index (χ3v) is 5.55. The van der Waals surface area contributed by atoms with E-state index in [9.17, 15) is 4.79 Å². The van der Waals surface area contributed by atoms with Gasteiger partial charge in [0.15, 0.2) is 0 Å². The molecule has 1 aromatic heterocycles. The minimum atomic E-state index is 0. The number of thiophene rings is 1. The minimum absolute atomic E-state index is 0. The van der Waals surface area contributed by atoms with Crippen LogP contribution in [0.1, 0.15) is 42.0 Å². The summed E-state index contributed by atoms with van der Waals surface area (Å²) in [6.45, 7) is 2.08. The van der Waals surface area contributed by atoms with Crippen LogP contribution in [0.4, 0.5) is 0 Å². The first-order valence-corrected chi connectivity index (χ1v) is 8.19. The van der Waals surface area contributed by atoms with Crippen LogP contribution < -0.4 is 5.32 Å². The summed E-state index contributed by atoms with van der Waals surface area (Å²) >= 11 is 1.81. The number of nitrogens with one attached hydrogen (secondary N) is 1. The molecule has 2 heterocycles. The zero-order chi connectivity index (χ0) is 13.2. The van der Waals surface area contributed by atoms with Crippen LogP contribution in [-0.4, -0.2) is 37.0 Å². The quantitative estimate of drug-likeness (QED) is 0.910. The van der Waals surface area contributed by atoms with Crippen LogP contribution in [0.25, 0.3) is 0 Å². The largest absolute Gasteiger partial charge is 0.342 e. The lowest BCUT2D eigenvalue weighted by Gasteiger charge is -2.35. The molecule has 2 aliphatic rings. The molecule has 0 bridgehead atoms. The monoisotopic (exact) mass is 314 g/mol. The van der Waals surface area contributed by atoms with Gasteiger partial charge in [0.05, 0.1) is 5.92 Å². The van der Waals surface area contributed by atoms with Crippen LogP contribution in [-0.2, 0) is 11.2 Å². The number of piperidine rings is 1. The predicted octanol–water partition coefficient (Wildman–Crippen LogP) is 2.80. The standard InChI is InChI=1S/C15H22N2OS.ClH/c1-17(11-5-8-16-9-6-11)15(18)13-3-2-4-14-12(13)7-10-19-14;/h7,10-11,13,16H,2-6,8-9H2,1H3;1H. The van der Waals surface area contributed by atoms with E-state index in [1.807, 2.05) is 23.3 Å². The summed E-state index contributed by atoms with van der Waals surface area (Å²) in [6, 6.07) is 2.59. The summed E-state index contributed by atoms with van der Waals surface area (Å²) in [7, 11) is 2.00. The number of amides is 1. The van der Waals surface area contributed by atoms with Gasteiger partial charge in [-0.2, -0.15) is 0 Å². The van der Waals surface area contributed by atoms with E-state index >= 15 is 0 Å². The average molecular weight is 315 g/mol. The molecule has 1 aliphatic carbocycles. The van der Waals surface area contributed by atoms with E-state index in [2.05, 4.69) is 16.8 Å². The summed E-state index contributed by atoms with van der Waals surface area (Å²) in [5, 5.41) is 5.50. The van der Waals surface area contributed by atoms with Crippen molar-refractivity contribution in [1.82, 2.24) is 10.2 Å². The van der Waals surface area contributed by atoms with Gasteiger partial charge in [0.1, 0.15) is 0 Å². The van der Waals surface area contributed by atoms with Gasteiger partial charge in [0.2, 0.25) is 5.91 Å². The first-order chi connectivity index (χ1) is 9.27. The molecule has 0 saturated carbocycles. The van der Waals surface area contributed by atoms with Gasteiger partial charge in [0.25, 0.3) is 0 Å². The van der Waals surface area contributed by atoms with Gasteiger partial charge in [0, 0.05) is 18.0 Å². The molecule has 1 unspecified atom stereocenters. The Morgan fingerprint density at radius 3 is 2.85 bits per heavy atom. The molecule has 0 radical (unpaired) electrons. The van der Waals surface area contributed by atoms with E-state index in [0.29, 0.717) is 11.9 Å². The molecule has 5 heteroatoms. The van der Waals surface area contributed by atoms with Gasteiger partial charge in [-0.3, -0.25) is 4.79 Å². The predicted molar refractivity (Wildman–Crippen MR) is 85.9 cm³/mol. The molecular weight excluding hydrogens is 292 g/mol. The normalized spacial score (nSPS) is 22.8. The van der Waals surface area contributed by atoms with Crippen molar-refractivity contribution in [2.24, 2.45) is 0 Å². The van der Waals surface area contributed by atoms with Gasteiger partial charge in [-0.15, -0.1) is 23.7 Å². The van der Waals surface area contributed by atoms with Crippen molar-refractivity contribution in [3.8, 4) is 0 Å². The van der Waals surface area contributed by atoms with Crippen LogP contribution in [0.3, 0.4) is 0 Å². The molecule has 1 amide bonds. The van der Waals surface area contributed by atoms with Crippen molar-refractivity contribution in [3.05, 3.63) is 21.9 Å². The number of nitrogens with zero attached hydrogens (tertiary/aromatic N) is 1. The lowest BCUT2D eigenvalue weighted by atomic mass is 9.86. The number of rotatable bonds is 2. The molecule has 0 aromatic carbocycles. The molecule has 1 atom stereocenters. The number of carbonyl (C=O) groups excluding carboxylic acids is 1. The van der Waals surface area contributed by atoms with Crippen LogP contribution in [0.5, 0.6) is 0 Å². The highest BCUT2D eigenvalue weighted by atomic mass is 35.5. The Balaban J connectivity index is 0.00000147. The fourth-order valence-electron chi connectivity index (χ4n) is 3.36. The van der Waals surface area contributed by atoms with Gasteiger partial charge >= 0.3 is 0 Å². The smallest absolute Gasteiger partial charge is 0.230 e. The van der Waals surface area contributed by atoms with Crippen molar-refractivity contribution in [2.75, 3.05) is 20.1 Å². The number of hydrogen-bond acceptors (Lipinski definition) is 3. The Labute approximate surface area is 131 Å². The van der Waals surface area contributed by atoms with Gasteiger partial charge in [-0.1, -0.05) is 0 Å². The second kappa shape index (κ2) is 6.92.